The highest BCUT2D eigenvalue weighted by Gasteiger charge is 2.03. The smallest absolute Gasteiger partial charge is 0.191 e. The van der Waals surface area contributed by atoms with E-state index in [1.807, 2.05) is 4.90 Å². The molecule has 0 saturated carbocycles. The number of rotatable bonds is 7. The summed E-state index contributed by atoms with van der Waals surface area (Å²) in [5, 5.41) is 1.11. The largest absolute Gasteiger partial charge is 0.492 e. The Hall–Kier alpha value is -0.400. The van der Waals surface area contributed by atoms with E-state index in [2.05, 4.69) is 18.8 Å². The predicted octanol–water partition coefficient (Wildman–Crippen LogP) is 4.04. The molecule has 7 heteroatoms. The van der Waals surface area contributed by atoms with E-state index in [-0.39, 0.29) is 24.0 Å². The maximum atomic E-state index is 6.01. The third kappa shape index (κ3) is 7.42. The fourth-order valence-corrected chi connectivity index (χ4v) is 2.14. The number of halogens is 3. The van der Waals surface area contributed by atoms with Crippen LogP contribution in [0.25, 0.3) is 0 Å². The second-order valence-corrected chi connectivity index (χ2v) is 5.03. The van der Waals surface area contributed by atoms with Gasteiger partial charge in [0, 0.05) is 31.1 Å². The lowest BCUT2D eigenvalue weighted by Crippen LogP contribution is -2.37. The normalized spacial score (nSPS) is 11.0. The van der Waals surface area contributed by atoms with Crippen LogP contribution < -0.4 is 10.5 Å². The SMILES string of the molecule is CCN(CC)C(N)=NCCCOc1ccc(Cl)cc1Cl.I. The molecule has 0 aromatic heterocycles. The first-order chi connectivity index (χ1) is 9.58. The second-order valence-electron chi connectivity index (χ2n) is 4.19. The summed E-state index contributed by atoms with van der Waals surface area (Å²) in [6.45, 7) is 7.00. The minimum Gasteiger partial charge on any atom is -0.492 e. The van der Waals surface area contributed by atoms with E-state index < -0.39 is 0 Å². The zero-order valence-electron chi connectivity index (χ0n) is 12.3. The van der Waals surface area contributed by atoms with E-state index in [0.717, 1.165) is 19.5 Å². The number of hydrogen-bond donors (Lipinski definition) is 1. The molecule has 0 bridgehead atoms. The molecule has 0 unspecified atom stereocenters. The molecule has 1 rings (SSSR count). The molecule has 1 aromatic rings. The zero-order valence-corrected chi connectivity index (χ0v) is 16.2. The monoisotopic (exact) mass is 445 g/mol. The average molecular weight is 446 g/mol. The van der Waals surface area contributed by atoms with Crippen LogP contribution in [0.5, 0.6) is 5.75 Å². The molecule has 0 amide bonds. The number of guanidine groups is 1. The van der Waals surface area contributed by atoms with E-state index in [1.54, 1.807) is 18.2 Å². The van der Waals surface area contributed by atoms with Crippen LogP contribution in [-0.2, 0) is 0 Å². The molecule has 21 heavy (non-hydrogen) atoms. The third-order valence-electron chi connectivity index (χ3n) is 2.82. The highest BCUT2D eigenvalue weighted by molar-refractivity contribution is 14.0. The van der Waals surface area contributed by atoms with E-state index in [0.29, 0.717) is 34.9 Å². The van der Waals surface area contributed by atoms with Crippen LogP contribution in [-0.4, -0.2) is 37.1 Å². The van der Waals surface area contributed by atoms with Crippen molar-refractivity contribution in [2.75, 3.05) is 26.2 Å². The first kappa shape index (κ1) is 20.6. The molecular weight excluding hydrogens is 424 g/mol. The quantitative estimate of drug-likeness (QED) is 0.298. The molecule has 0 aliphatic heterocycles. The summed E-state index contributed by atoms with van der Waals surface area (Å²) in [6, 6.07) is 5.17. The van der Waals surface area contributed by atoms with Gasteiger partial charge in [0.2, 0.25) is 0 Å². The van der Waals surface area contributed by atoms with E-state index in [9.17, 15) is 0 Å². The van der Waals surface area contributed by atoms with Gasteiger partial charge in [-0.15, -0.1) is 24.0 Å². The zero-order chi connectivity index (χ0) is 15.0. The molecule has 2 N–H and O–H groups in total. The lowest BCUT2D eigenvalue weighted by Gasteiger charge is -2.19. The third-order valence-corrected chi connectivity index (χ3v) is 3.35. The minimum absolute atomic E-state index is 0. The van der Waals surface area contributed by atoms with Crippen LogP contribution in [0.2, 0.25) is 10.0 Å². The standard InChI is InChI=1S/C14H21Cl2N3O.HI/c1-3-19(4-2)14(17)18-8-5-9-20-13-7-6-11(15)10-12(13)16;/h6-7,10H,3-5,8-9H2,1-2H3,(H2,17,18);1H. The van der Waals surface area contributed by atoms with E-state index >= 15 is 0 Å². The van der Waals surface area contributed by atoms with Crippen molar-refractivity contribution in [2.45, 2.75) is 20.3 Å². The molecule has 0 spiro atoms. The summed E-state index contributed by atoms with van der Waals surface area (Å²) in [4.78, 5) is 6.33. The molecular formula is C14H22Cl2IN3O. The van der Waals surface area contributed by atoms with Gasteiger partial charge in [-0.3, -0.25) is 4.99 Å². The Bertz CT molecular complexity index is 454. The lowest BCUT2D eigenvalue weighted by molar-refractivity contribution is 0.313. The van der Waals surface area contributed by atoms with Gasteiger partial charge in [0.1, 0.15) is 5.75 Å². The number of nitrogens with zero attached hydrogens (tertiary/aromatic N) is 2. The summed E-state index contributed by atoms with van der Waals surface area (Å²) in [5.74, 6) is 1.22. The van der Waals surface area contributed by atoms with Crippen molar-refractivity contribution >= 4 is 53.1 Å². The van der Waals surface area contributed by atoms with Crippen LogP contribution in [0.1, 0.15) is 20.3 Å². The fourth-order valence-electron chi connectivity index (χ4n) is 1.68. The second kappa shape index (κ2) is 11.2. The van der Waals surface area contributed by atoms with Crippen LogP contribution in [0.4, 0.5) is 0 Å². The molecule has 4 nitrogen and oxygen atoms in total. The number of ether oxygens (including phenoxy) is 1. The lowest BCUT2D eigenvalue weighted by atomic mass is 10.3. The maximum Gasteiger partial charge on any atom is 0.191 e. The number of benzene rings is 1. The molecule has 0 radical (unpaired) electrons. The number of aliphatic imine (C=N–C) groups is 1. The summed E-state index contributed by atoms with van der Waals surface area (Å²) in [7, 11) is 0. The van der Waals surface area contributed by atoms with Gasteiger partial charge in [-0.1, -0.05) is 23.2 Å². The molecule has 0 atom stereocenters. The van der Waals surface area contributed by atoms with Crippen molar-refractivity contribution in [3.05, 3.63) is 28.2 Å². The highest BCUT2D eigenvalue weighted by atomic mass is 127. The molecule has 0 aliphatic carbocycles. The van der Waals surface area contributed by atoms with Gasteiger partial charge >= 0.3 is 0 Å². The van der Waals surface area contributed by atoms with Crippen molar-refractivity contribution in [3.63, 3.8) is 0 Å². The molecule has 1 aromatic carbocycles. The Labute approximate surface area is 153 Å². The van der Waals surface area contributed by atoms with Gasteiger partial charge in [-0.05, 0) is 32.0 Å². The Morgan fingerprint density at radius 3 is 2.52 bits per heavy atom. The number of nitrogens with two attached hydrogens (primary N) is 1. The topological polar surface area (TPSA) is 50.8 Å². The van der Waals surface area contributed by atoms with Gasteiger partial charge < -0.3 is 15.4 Å². The van der Waals surface area contributed by atoms with Crippen LogP contribution in [0, 0.1) is 0 Å². The van der Waals surface area contributed by atoms with Crippen molar-refractivity contribution in [1.82, 2.24) is 4.90 Å². The van der Waals surface area contributed by atoms with Gasteiger partial charge in [0.05, 0.1) is 11.6 Å². The molecule has 0 heterocycles. The Balaban J connectivity index is 0.00000400. The van der Waals surface area contributed by atoms with E-state index in [1.165, 1.54) is 0 Å². The average Bonchev–Trinajstić information content (AvgIpc) is 2.42. The molecule has 120 valence electrons. The van der Waals surface area contributed by atoms with Crippen molar-refractivity contribution in [1.29, 1.82) is 0 Å². The Morgan fingerprint density at radius 2 is 1.95 bits per heavy atom. The molecule has 0 saturated heterocycles. The fraction of sp³-hybridized carbons (Fsp3) is 0.500. The van der Waals surface area contributed by atoms with Gasteiger partial charge in [0.15, 0.2) is 5.96 Å². The first-order valence-corrected chi connectivity index (χ1v) is 7.46. The van der Waals surface area contributed by atoms with Gasteiger partial charge in [-0.2, -0.15) is 0 Å². The Morgan fingerprint density at radius 1 is 1.29 bits per heavy atom. The van der Waals surface area contributed by atoms with Crippen LogP contribution >= 0.6 is 47.2 Å². The number of hydrogen-bond acceptors (Lipinski definition) is 2. The van der Waals surface area contributed by atoms with Crippen molar-refractivity contribution < 1.29 is 4.74 Å². The first-order valence-electron chi connectivity index (χ1n) is 6.71. The summed E-state index contributed by atoms with van der Waals surface area (Å²) in [5.41, 5.74) is 5.87. The molecule has 0 aliphatic rings. The Kier molecular flexibility index (Phi) is 11.0. The van der Waals surface area contributed by atoms with Gasteiger partial charge in [-0.25, -0.2) is 0 Å². The van der Waals surface area contributed by atoms with Crippen molar-refractivity contribution in [2.24, 2.45) is 10.7 Å². The maximum absolute atomic E-state index is 6.01. The van der Waals surface area contributed by atoms with Crippen LogP contribution in [0.15, 0.2) is 23.2 Å². The van der Waals surface area contributed by atoms with Crippen LogP contribution in [0.3, 0.4) is 0 Å². The van der Waals surface area contributed by atoms with E-state index in [4.69, 9.17) is 33.7 Å². The summed E-state index contributed by atoms with van der Waals surface area (Å²) >= 11 is 11.8. The highest BCUT2D eigenvalue weighted by Crippen LogP contribution is 2.27. The van der Waals surface area contributed by atoms with Gasteiger partial charge in [0.25, 0.3) is 0 Å². The summed E-state index contributed by atoms with van der Waals surface area (Å²) in [6.07, 6.45) is 0.779. The summed E-state index contributed by atoms with van der Waals surface area (Å²) < 4.78 is 5.57. The molecule has 0 fully saturated rings. The van der Waals surface area contributed by atoms with Crippen molar-refractivity contribution in [3.8, 4) is 5.75 Å². The predicted molar refractivity (Wildman–Crippen MR) is 101 cm³/mol. The minimum atomic E-state index is 0.